The van der Waals surface area contributed by atoms with E-state index in [-0.39, 0.29) is 17.4 Å². The summed E-state index contributed by atoms with van der Waals surface area (Å²) in [7, 11) is -3.16. The summed E-state index contributed by atoms with van der Waals surface area (Å²) in [5.41, 5.74) is 5.43. The van der Waals surface area contributed by atoms with Crippen LogP contribution in [-0.2, 0) is 22.1 Å². The first-order valence-electron chi connectivity index (χ1n) is 5.75. The molecule has 0 radical (unpaired) electrons. The minimum Gasteiger partial charge on any atom is -0.330 e. The maximum Gasteiger partial charge on any atom is 0.157 e. The highest BCUT2D eigenvalue weighted by atomic mass is 32.2. The van der Waals surface area contributed by atoms with Gasteiger partial charge in [-0.15, -0.1) is 0 Å². The van der Waals surface area contributed by atoms with Crippen molar-refractivity contribution in [3.8, 4) is 0 Å². The number of aryl methyl sites for hydroxylation is 1. The lowest BCUT2D eigenvalue weighted by Crippen LogP contribution is -2.23. The van der Waals surface area contributed by atoms with Gasteiger partial charge < -0.3 is 5.73 Å². The topological polar surface area (TPSA) is 90.9 Å². The van der Waals surface area contributed by atoms with Crippen molar-refractivity contribution >= 4 is 9.84 Å². The quantitative estimate of drug-likeness (QED) is 0.756. The van der Waals surface area contributed by atoms with Crippen molar-refractivity contribution in [1.29, 1.82) is 0 Å². The van der Waals surface area contributed by atoms with Crippen molar-refractivity contribution < 1.29 is 8.42 Å². The molecule has 1 aromatic heterocycles. The van der Waals surface area contributed by atoms with Gasteiger partial charge in [0.1, 0.15) is 17.9 Å². The molecule has 0 fully saturated rings. The molecule has 0 aliphatic carbocycles. The Morgan fingerprint density at radius 2 is 2.24 bits per heavy atom. The highest BCUT2D eigenvalue weighted by Crippen LogP contribution is 2.07. The lowest BCUT2D eigenvalue weighted by atomic mass is 10.2. The lowest BCUT2D eigenvalue weighted by molar-refractivity contribution is 0.556. The molecule has 1 aromatic rings. The fourth-order valence-electron chi connectivity index (χ4n) is 1.56. The van der Waals surface area contributed by atoms with E-state index in [1.807, 2.05) is 13.8 Å². The third kappa shape index (κ3) is 4.43. The average Bonchev–Trinajstić information content (AvgIpc) is 2.65. The molecular formula is C10H20N4O2S. The second-order valence-electron chi connectivity index (χ2n) is 4.29. The van der Waals surface area contributed by atoms with E-state index < -0.39 is 9.84 Å². The fraction of sp³-hybridized carbons (Fsp3) is 0.800. The van der Waals surface area contributed by atoms with E-state index in [0.29, 0.717) is 18.9 Å². The van der Waals surface area contributed by atoms with Crippen molar-refractivity contribution in [2.75, 3.05) is 12.3 Å². The molecule has 0 saturated heterocycles. The number of rotatable bonds is 7. The van der Waals surface area contributed by atoms with Crippen LogP contribution in [-0.4, -0.2) is 35.5 Å². The fourth-order valence-corrected chi connectivity index (χ4v) is 3.29. The number of nitrogens with zero attached hydrogens (tertiary/aromatic N) is 3. The molecule has 0 spiro atoms. The molecule has 0 aliphatic rings. The molecule has 6 nitrogen and oxygen atoms in total. The SMILES string of the molecule is CCCn1ncnc1CS(=O)(=O)CC(C)CN. The third-order valence-corrected chi connectivity index (χ3v) is 4.20. The molecule has 2 N–H and O–H groups in total. The molecular weight excluding hydrogens is 240 g/mol. The van der Waals surface area contributed by atoms with Crippen LogP contribution in [0.15, 0.2) is 6.33 Å². The largest absolute Gasteiger partial charge is 0.330 e. The summed E-state index contributed by atoms with van der Waals surface area (Å²) >= 11 is 0. The van der Waals surface area contributed by atoms with E-state index in [9.17, 15) is 8.42 Å². The van der Waals surface area contributed by atoms with Gasteiger partial charge in [0.25, 0.3) is 0 Å². The summed E-state index contributed by atoms with van der Waals surface area (Å²) in [6.45, 7) is 4.91. The van der Waals surface area contributed by atoms with E-state index in [4.69, 9.17) is 5.73 Å². The van der Waals surface area contributed by atoms with Crippen LogP contribution in [0.4, 0.5) is 0 Å². The van der Waals surface area contributed by atoms with Crippen LogP contribution in [0.2, 0.25) is 0 Å². The van der Waals surface area contributed by atoms with Crippen LogP contribution in [0.3, 0.4) is 0 Å². The Bertz CT molecular complexity index is 441. The molecule has 98 valence electrons. The van der Waals surface area contributed by atoms with E-state index in [1.165, 1.54) is 6.33 Å². The number of sulfone groups is 1. The van der Waals surface area contributed by atoms with Crippen molar-refractivity contribution in [2.24, 2.45) is 11.7 Å². The predicted molar refractivity (Wildman–Crippen MR) is 66.0 cm³/mol. The molecule has 1 heterocycles. The van der Waals surface area contributed by atoms with E-state index >= 15 is 0 Å². The summed E-state index contributed by atoms with van der Waals surface area (Å²) in [5, 5.41) is 4.01. The number of hydrogen-bond acceptors (Lipinski definition) is 5. The first kappa shape index (κ1) is 14.1. The van der Waals surface area contributed by atoms with E-state index in [1.54, 1.807) is 4.68 Å². The van der Waals surface area contributed by atoms with Crippen LogP contribution >= 0.6 is 0 Å². The Hall–Kier alpha value is -0.950. The zero-order valence-electron chi connectivity index (χ0n) is 10.3. The molecule has 0 aromatic carbocycles. The van der Waals surface area contributed by atoms with Gasteiger partial charge in [0, 0.05) is 6.54 Å². The summed E-state index contributed by atoms with van der Waals surface area (Å²) in [6.07, 6.45) is 2.29. The predicted octanol–water partition coefficient (Wildman–Crippen LogP) is 0.198. The number of nitrogens with two attached hydrogens (primary N) is 1. The van der Waals surface area contributed by atoms with Crippen LogP contribution in [0.1, 0.15) is 26.1 Å². The molecule has 0 aliphatic heterocycles. The van der Waals surface area contributed by atoms with Crippen LogP contribution < -0.4 is 5.73 Å². The Balaban J connectivity index is 2.72. The number of hydrogen-bond donors (Lipinski definition) is 1. The summed E-state index contributed by atoms with van der Waals surface area (Å²) < 4.78 is 25.4. The van der Waals surface area contributed by atoms with Gasteiger partial charge in [0.2, 0.25) is 0 Å². The van der Waals surface area contributed by atoms with Crippen LogP contribution in [0.5, 0.6) is 0 Å². The Morgan fingerprint density at radius 1 is 1.53 bits per heavy atom. The van der Waals surface area contributed by atoms with Gasteiger partial charge in [0.05, 0.1) is 5.75 Å². The normalized spacial score (nSPS) is 13.8. The second kappa shape index (κ2) is 6.11. The molecule has 7 heteroatoms. The zero-order chi connectivity index (χ0) is 12.9. The van der Waals surface area contributed by atoms with E-state index in [2.05, 4.69) is 10.1 Å². The van der Waals surface area contributed by atoms with Gasteiger partial charge in [-0.3, -0.25) is 0 Å². The highest BCUT2D eigenvalue weighted by Gasteiger charge is 2.18. The van der Waals surface area contributed by atoms with Gasteiger partial charge in [-0.1, -0.05) is 13.8 Å². The first-order chi connectivity index (χ1) is 7.98. The molecule has 1 unspecified atom stereocenters. The highest BCUT2D eigenvalue weighted by molar-refractivity contribution is 7.90. The summed E-state index contributed by atoms with van der Waals surface area (Å²) in [4.78, 5) is 3.99. The molecule has 1 atom stereocenters. The minimum absolute atomic E-state index is 0.0254. The van der Waals surface area contributed by atoms with E-state index in [0.717, 1.165) is 6.42 Å². The molecule has 0 bridgehead atoms. The van der Waals surface area contributed by atoms with Gasteiger partial charge >= 0.3 is 0 Å². The monoisotopic (exact) mass is 260 g/mol. The third-order valence-electron chi connectivity index (χ3n) is 2.42. The number of aromatic nitrogens is 3. The molecule has 0 amide bonds. The Morgan fingerprint density at radius 3 is 2.82 bits per heavy atom. The smallest absolute Gasteiger partial charge is 0.157 e. The van der Waals surface area contributed by atoms with Crippen molar-refractivity contribution in [1.82, 2.24) is 14.8 Å². The van der Waals surface area contributed by atoms with Crippen molar-refractivity contribution in [3.63, 3.8) is 0 Å². The summed E-state index contributed by atoms with van der Waals surface area (Å²) in [5.74, 6) is 0.526. The standard InChI is InChI=1S/C10H20N4O2S/c1-3-4-14-10(12-8-13-14)7-17(15,16)6-9(2)5-11/h8-9H,3-7,11H2,1-2H3. The second-order valence-corrected chi connectivity index (χ2v) is 6.40. The Labute approximate surface area is 102 Å². The zero-order valence-corrected chi connectivity index (χ0v) is 11.2. The van der Waals surface area contributed by atoms with Crippen LogP contribution in [0, 0.1) is 5.92 Å². The molecule has 17 heavy (non-hydrogen) atoms. The molecule has 0 saturated carbocycles. The molecule has 1 rings (SSSR count). The maximum absolute atomic E-state index is 11.9. The first-order valence-corrected chi connectivity index (χ1v) is 7.57. The average molecular weight is 260 g/mol. The summed E-state index contributed by atoms with van der Waals surface area (Å²) in [6, 6.07) is 0. The van der Waals surface area contributed by atoms with Gasteiger partial charge in [-0.25, -0.2) is 18.1 Å². The Kier molecular flexibility index (Phi) is 5.07. The van der Waals surface area contributed by atoms with Crippen molar-refractivity contribution in [3.05, 3.63) is 12.2 Å². The van der Waals surface area contributed by atoms with Gasteiger partial charge in [-0.05, 0) is 18.9 Å². The lowest BCUT2D eigenvalue weighted by Gasteiger charge is -2.09. The van der Waals surface area contributed by atoms with Gasteiger partial charge in [-0.2, -0.15) is 5.10 Å². The minimum atomic E-state index is -3.16. The van der Waals surface area contributed by atoms with Crippen molar-refractivity contribution in [2.45, 2.75) is 32.6 Å². The maximum atomic E-state index is 11.9. The van der Waals surface area contributed by atoms with Gasteiger partial charge in [0.15, 0.2) is 9.84 Å². The van der Waals surface area contributed by atoms with Crippen LogP contribution in [0.25, 0.3) is 0 Å².